The first-order chi connectivity index (χ1) is 6.34. The van der Waals surface area contributed by atoms with Gasteiger partial charge in [-0.3, -0.25) is 0 Å². The van der Waals surface area contributed by atoms with E-state index in [0.29, 0.717) is 5.56 Å². The third-order valence-corrected chi connectivity index (χ3v) is 1.91. The van der Waals surface area contributed by atoms with Crippen LogP contribution in [0.3, 0.4) is 0 Å². The van der Waals surface area contributed by atoms with E-state index in [9.17, 15) is 4.79 Å². The maximum absolute atomic E-state index is 10.8. The Bertz CT molecular complexity index is 355. The van der Waals surface area contributed by atoms with Crippen molar-refractivity contribution >= 4 is 17.6 Å². The van der Waals surface area contributed by atoms with Crippen LogP contribution in [0.15, 0.2) is 12.1 Å². The van der Waals surface area contributed by atoms with Gasteiger partial charge in [0.1, 0.15) is 17.2 Å². The molecule has 76 valence electrons. The van der Waals surface area contributed by atoms with Crippen molar-refractivity contribution in [2.24, 2.45) is 5.73 Å². The summed E-state index contributed by atoms with van der Waals surface area (Å²) in [5, 5.41) is 8.85. The Morgan fingerprint density at radius 1 is 1.43 bits per heavy atom. The predicted molar refractivity (Wildman–Crippen MR) is 52.2 cm³/mol. The number of rotatable bonds is 2. The van der Waals surface area contributed by atoms with Crippen LogP contribution in [0.2, 0.25) is 0 Å². The lowest BCUT2D eigenvalue weighted by Gasteiger charge is -2.19. The molecule has 1 aromatic heterocycles. The molecule has 0 aliphatic carbocycles. The summed E-state index contributed by atoms with van der Waals surface area (Å²) in [5.74, 6) is -0.849. The van der Waals surface area contributed by atoms with E-state index in [-0.39, 0.29) is 11.6 Å². The lowest BCUT2D eigenvalue weighted by molar-refractivity contribution is -0.143. The summed E-state index contributed by atoms with van der Waals surface area (Å²) in [6.07, 6.45) is 0. The minimum Gasteiger partial charge on any atom is -0.480 e. The van der Waals surface area contributed by atoms with Gasteiger partial charge in [-0.25, -0.2) is 9.78 Å². The van der Waals surface area contributed by atoms with Gasteiger partial charge in [0.25, 0.3) is 0 Å². The van der Waals surface area contributed by atoms with Crippen molar-refractivity contribution in [2.75, 3.05) is 11.5 Å². The van der Waals surface area contributed by atoms with Gasteiger partial charge in [-0.2, -0.15) is 0 Å². The summed E-state index contributed by atoms with van der Waals surface area (Å²) >= 11 is 0. The Hall–Kier alpha value is -1.82. The molecule has 1 aromatic rings. The standard InChI is InChI=1S/C8H12N4O2/c1-8(11,7(13)14)4-2-5(9)12-6(10)3-4/h2-3H,11H2,1H3,(H,13,14)(H4,9,10,12). The van der Waals surface area contributed by atoms with Crippen molar-refractivity contribution in [1.82, 2.24) is 4.98 Å². The van der Waals surface area contributed by atoms with Crippen molar-refractivity contribution in [1.29, 1.82) is 0 Å². The summed E-state index contributed by atoms with van der Waals surface area (Å²) in [6, 6.07) is 2.79. The Balaban J connectivity index is 3.25. The molecule has 0 aliphatic rings. The van der Waals surface area contributed by atoms with Gasteiger partial charge in [-0.1, -0.05) is 0 Å². The third-order valence-electron chi connectivity index (χ3n) is 1.91. The molecule has 6 heteroatoms. The summed E-state index contributed by atoms with van der Waals surface area (Å²) in [7, 11) is 0. The van der Waals surface area contributed by atoms with Crippen molar-refractivity contribution in [3.63, 3.8) is 0 Å². The summed E-state index contributed by atoms with van der Waals surface area (Å²) in [6.45, 7) is 1.36. The third kappa shape index (κ3) is 1.74. The van der Waals surface area contributed by atoms with Crippen LogP contribution in [0.25, 0.3) is 0 Å². The first kappa shape index (κ1) is 10.3. The molecule has 0 radical (unpaired) electrons. The number of aromatic nitrogens is 1. The molecule has 1 heterocycles. The maximum atomic E-state index is 10.8. The van der Waals surface area contributed by atoms with Crippen LogP contribution in [-0.2, 0) is 10.3 Å². The van der Waals surface area contributed by atoms with Gasteiger partial charge < -0.3 is 22.3 Å². The number of pyridine rings is 1. The van der Waals surface area contributed by atoms with E-state index in [4.69, 9.17) is 22.3 Å². The molecule has 0 saturated heterocycles. The number of aliphatic carboxylic acids is 1. The minimum absolute atomic E-state index is 0.151. The summed E-state index contributed by atoms with van der Waals surface area (Å²) in [4.78, 5) is 14.5. The smallest absolute Gasteiger partial charge is 0.328 e. The molecule has 1 unspecified atom stereocenters. The Kier molecular flexibility index (Phi) is 2.31. The van der Waals surface area contributed by atoms with Crippen LogP contribution in [0, 0.1) is 0 Å². The number of hydrogen-bond donors (Lipinski definition) is 4. The molecular formula is C8H12N4O2. The zero-order chi connectivity index (χ0) is 10.9. The number of nitrogens with zero attached hydrogens (tertiary/aromatic N) is 1. The van der Waals surface area contributed by atoms with Gasteiger partial charge in [-0.15, -0.1) is 0 Å². The highest BCUT2D eigenvalue weighted by Gasteiger charge is 2.30. The lowest BCUT2D eigenvalue weighted by atomic mass is 9.94. The Morgan fingerprint density at radius 2 is 1.86 bits per heavy atom. The van der Waals surface area contributed by atoms with E-state index in [0.717, 1.165) is 0 Å². The Morgan fingerprint density at radius 3 is 2.21 bits per heavy atom. The van der Waals surface area contributed by atoms with Gasteiger partial charge in [0.15, 0.2) is 0 Å². The van der Waals surface area contributed by atoms with Crippen LogP contribution >= 0.6 is 0 Å². The van der Waals surface area contributed by atoms with Gasteiger partial charge in [0.05, 0.1) is 0 Å². The number of carboxylic acid groups (broad SMARTS) is 1. The van der Waals surface area contributed by atoms with E-state index in [1.807, 2.05) is 0 Å². The van der Waals surface area contributed by atoms with Crippen LogP contribution in [0.4, 0.5) is 11.6 Å². The lowest BCUT2D eigenvalue weighted by Crippen LogP contribution is -2.41. The molecule has 1 atom stereocenters. The highest BCUT2D eigenvalue weighted by atomic mass is 16.4. The highest BCUT2D eigenvalue weighted by molar-refractivity contribution is 5.80. The topological polar surface area (TPSA) is 128 Å². The molecule has 0 fully saturated rings. The monoisotopic (exact) mass is 196 g/mol. The van der Waals surface area contributed by atoms with Crippen LogP contribution in [0.1, 0.15) is 12.5 Å². The molecule has 1 rings (SSSR count). The summed E-state index contributed by atoms with van der Waals surface area (Å²) in [5.41, 5.74) is 15.2. The zero-order valence-corrected chi connectivity index (χ0v) is 7.69. The first-order valence-electron chi connectivity index (χ1n) is 3.90. The number of hydrogen-bond acceptors (Lipinski definition) is 5. The largest absolute Gasteiger partial charge is 0.480 e. The molecule has 14 heavy (non-hydrogen) atoms. The second-order valence-corrected chi connectivity index (χ2v) is 3.21. The molecule has 0 amide bonds. The van der Waals surface area contributed by atoms with E-state index in [2.05, 4.69) is 4.98 Å². The van der Waals surface area contributed by atoms with Gasteiger partial charge >= 0.3 is 5.97 Å². The van der Waals surface area contributed by atoms with Crippen molar-refractivity contribution in [3.8, 4) is 0 Å². The average Bonchev–Trinajstić information content (AvgIpc) is 2.01. The van der Waals surface area contributed by atoms with E-state index >= 15 is 0 Å². The maximum Gasteiger partial charge on any atom is 0.328 e. The second-order valence-electron chi connectivity index (χ2n) is 3.21. The van der Waals surface area contributed by atoms with Gasteiger partial charge in [0, 0.05) is 0 Å². The first-order valence-corrected chi connectivity index (χ1v) is 3.90. The van der Waals surface area contributed by atoms with Gasteiger partial charge in [0.2, 0.25) is 0 Å². The van der Waals surface area contributed by atoms with Crippen LogP contribution in [-0.4, -0.2) is 16.1 Å². The number of carbonyl (C=O) groups is 1. The molecule has 7 N–H and O–H groups in total. The minimum atomic E-state index is -1.51. The fraction of sp³-hybridized carbons (Fsp3) is 0.250. The number of carboxylic acids is 1. The molecular weight excluding hydrogens is 184 g/mol. The van der Waals surface area contributed by atoms with E-state index < -0.39 is 11.5 Å². The second kappa shape index (κ2) is 3.15. The summed E-state index contributed by atoms with van der Waals surface area (Å²) < 4.78 is 0. The molecule has 6 nitrogen and oxygen atoms in total. The van der Waals surface area contributed by atoms with Gasteiger partial charge in [-0.05, 0) is 24.6 Å². The molecule has 0 aromatic carbocycles. The SMILES string of the molecule is CC(N)(C(=O)O)c1cc(N)nc(N)c1. The number of nitrogens with two attached hydrogens (primary N) is 3. The fourth-order valence-corrected chi connectivity index (χ4v) is 0.997. The highest BCUT2D eigenvalue weighted by Crippen LogP contribution is 2.21. The zero-order valence-electron chi connectivity index (χ0n) is 7.69. The fourth-order valence-electron chi connectivity index (χ4n) is 0.997. The van der Waals surface area contributed by atoms with Crippen molar-refractivity contribution in [2.45, 2.75) is 12.5 Å². The average molecular weight is 196 g/mol. The van der Waals surface area contributed by atoms with Crippen molar-refractivity contribution in [3.05, 3.63) is 17.7 Å². The number of nitrogen functional groups attached to an aromatic ring is 2. The number of anilines is 2. The van der Waals surface area contributed by atoms with Crippen LogP contribution < -0.4 is 17.2 Å². The van der Waals surface area contributed by atoms with Crippen LogP contribution in [0.5, 0.6) is 0 Å². The van der Waals surface area contributed by atoms with E-state index in [1.165, 1.54) is 19.1 Å². The molecule has 0 spiro atoms. The molecule has 0 aliphatic heterocycles. The Labute approximate surface area is 80.7 Å². The predicted octanol–water partition coefficient (Wildman–Crippen LogP) is -0.495. The van der Waals surface area contributed by atoms with E-state index in [1.54, 1.807) is 0 Å². The quantitative estimate of drug-likeness (QED) is 0.505. The molecule has 0 saturated carbocycles. The normalized spacial score (nSPS) is 14.7. The van der Waals surface area contributed by atoms with Crippen molar-refractivity contribution < 1.29 is 9.90 Å². The molecule has 0 bridgehead atoms.